The Hall–Kier alpha value is -1.37. The highest BCUT2D eigenvalue weighted by molar-refractivity contribution is 5.81. The summed E-state index contributed by atoms with van der Waals surface area (Å²) >= 11 is 0. The standard InChI is InChI=1S/C15H16O/c16-13-8-5-12(6-9-13)15-10-7-11-3-1-2-4-14(11)15/h1-4,10,12H,5-9H2. The quantitative estimate of drug-likeness (QED) is 0.697. The molecule has 1 aromatic rings. The van der Waals surface area contributed by atoms with Crippen molar-refractivity contribution in [2.75, 3.05) is 0 Å². The third kappa shape index (κ3) is 1.60. The van der Waals surface area contributed by atoms with Crippen LogP contribution in [-0.4, -0.2) is 5.78 Å². The number of hydrogen-bond acceptors (Lipinski definition) is 1. The van der Waals surface area contributed by atoms with E-state index in [9.17, 15) is 4.79 Å². The molecule has 0 aromatic heterocycles. The van der Waals surface area contributed by atoms with E-state index in [1.165, 1.54) is 16.7 Å². The van der Waals surface area contributed by atoms with E-state index in [0.29, 0.717) is 11.7 Å². The predicted octanol–water partition coefficient (Wildman–Crippen LogP) is 3.39. The van der Waals surface area contributed by atoms with Gasteiger partial charge in [-0.2, -0.15) is 0 Å². The highest BCUT2D eigenvalue weighted by Crippen LogP contribution is 2.39. The molecule has 0 N–H and O–H groups in total. The summed E-state index contributed by atoms with van der Waals surface area (Å²) in [4.78, 5) is 11.2. The summed E-state index contributed by atoms with van der Waals surface area (Å²) in [6.45, 7) is 0. The number of benzene rings is 1. The third-order valence-corrected chi connectivity index (χ3v) is 3.85. The van der Waals surface area contributed by atoms with E-state index in [2.05, 4.69) is 30.3 Å². The number of carbonyl (C=O) groups is 1. The molecule has 0 saturated heterocycles. The lowest BCUT2D eigenvalue weighted by Crippen LogP contribution is -2.14. The molecule has 1 nitrogen and oxygen atoms in total. The molecule has 0 bridgehead atoms. The molecule has 2 aliphatic rings. The van der Waals surface area contributed by atoms with Crippen molar-refractivity contribution in [3.8, 4) is 0 Å². The van der Waals surface area contributed by atoms with Gasteiger partial charge in [-0.05, 0) is 41.9 Å². The van der Waals surface area contributed by atoms with E-state index in [1.54, 1.807) is 0 Å². The van der Waals surface area contributed by atoms with Gasteiger partial charge in [-0.1, -0.05) is 30.3 Å². The van der Waals surface area contributed by atoms with Crippen LogP contribution in [0.3, 0.4) is 0 Å². The lowest BCUT2D eigenvalue weighted by atomic mass is 9.81. The Morgan fingerprint density at radius 2 is 1.81 bits per heavy atom. The lowest BCUT2D eigenvalue weighted by molar-refractivity contribution is -0.120. The Labute approximate surface area is 96.2 Å². The van der Waals surface area contributed by atoms with Crippen molar-refractivity contribution in [1.82, 2.24) is 0 Å². The van der Waals surface area contributed by atoms with Crippen molar-refractivity contribution in [2.45, 2.75) is 32.1 Å². The summed E-state index contributed by atoms with van der Waals surface area (Å²) in [6, 6.07) is 8.67. The van der Waals surface area contributed by atoms with Crippen LogP contribution in [0.5, 0.6) is 0 Å². The highest BCUT2D eigenvalue weighted by atomic mass is 16.1. The van der Waals surface area contributed by atoms with Crippen molar-refractivity contribution in [2.24, 2.45) is 5.92 Å². The molecule has 1 aromatic carbocycles. The van der Waals surface area contributed by atoms with Gasteiger partial charge in [0, 0.05) is 12.8 Å². The van der Waals surface area contributed by atoms with Gasteiger partial charge in [-0.3, -0.25) is 4.79 Å². The first-order chi connectivity index (χ1) is 7.84. The number of fused-ring (bicyclic) bond motifs is 1. The second-order valence-corrected chi connectivity index (χ2v) is 4.83. The van der Waals surface area contributed by atoms with Crippen molar-refractivity contribution in [1.29, 1.82) is 0 Å². The summed E-state index contributed by atoms with van der Waals surface area (Å²) in [6.07, 6.45) is 7.12. The van der Waals surface area contributed by atoms with E-state index < -0.39 is 0 Å². The number of carbonyl (C=O) groups excluding carboxylic acids is 1. The molecule has 2 aliphatic carbocycles. The van der Waals surface area contributed by atoms with Gasteiger partial charge in [0.2, 0.25) is 0 Å². The molecular formula is C15H16O. The molecule has 0 aliphatic heterocycles. The molecule has 82 valence electrons. The third-order valence-electron chi connectivity index (χ3n) is 3.85. The second-order valence-electron chi connectivity index (χ2n) is 4.83. The molecule has 0 heterocycles. The first kappa shape index (κ1) is 9.83. The minimum absolute atomic E-state index is 0.447. The van der Waals surface area contributed by atoms with Gasteiger partial charge in [0.05, 0.1) is 0 Å². The van der Waals surface area contributed by atoms with E-state index in [0.717, 1.165) is 32.1 Å². The average Bonchev–Trinajstić information content (AvgIpc) is 2.74. The topological polar surface area (TPSA) is 17.1 Å². The molecule has 1 fully saturated rings. The summed E-state index contributed by atoms with van der Waals surface area (Å²) in [5.74, 6) is 1.07. The van der Waals surface area contributed by atoms with E-state index in [1.807, 2.05) is 0 Å². The fraction of sp³-hybridized carbons (Fsp3) is 0.400. The highest BCUT2D eigenvalue weighted by Gasteiger charge is 2.25. The average molecular weight is 212 g/mol. The smallest absolute Gasteiger partial charge is 0.132 e. The zero-order chi connectivity index (χ0) is 11.0. The molecule has 0 amide bonds. The Morgan fingerprint density at radius 3 is 2.62 bits per heavy atom. The van der Waals surface area contributed by atoms with Gasteiger partial charge < -0.3 is 0 Å². The number of rotatable bonds is 1. The molecule has 0 spiro atoms. The maximum absolute atomic E-state index is 11.2. The molecular weight excluding hydrogens is 196 g/mol. The largest absolute Gasteiger partial charge is 0.300 e. The van der Waals surface area contributed by atoms with Gasteiger partial charge >= 0.3 is 0 Å². The van der Waals surface area contributed by atoms with Crippen LogP contribution in [-0.2, 0) is 11.2 Å². The Morgan fingerprint density at radius 1 is 1.06 bits per heavy atom. The van der Waals surface area contributed by atoms with Crippen LogP contribution in [0.25, 0.3) is 5.57 Å². The SMILES string of the molecule is O=C1CCC(C2=CCc3ccccc32)CC1. The van der Waals surface area contributed by atoms with Crippen LogP contribution < -0.4 is 0 Å². The fourth-order valence-electron chi connectivity index (χ4n) is 2.95. The van der Waals surface area contributed by atoms with Crippen molar-refractivity contribution >= 4 is 11.4 Å². The number of Topliss-reactive ketones (excluding diaryl/α,β-unsaturated/α-hetero) is 1. The van der Waals surface area contributed by atoms with Crippen molar-refractivity contribution in [3.63, 3.8) is 0 Å². The normalized spacial score (nSPS) is 20.8. The molecule has 1 saturated carbocycles. The second kappa shape index (κ2) is 3.89. The van der Waals surface area contributed by atoms with Gasteiger partial charge in [-0.15, -0.1) is 0 Å². The molecule has 0 unspecified atom stereocenters. The van der Waals surface area contributed by atoms with Gasteiger partial charge in [0.25, 0.3) is 0 Å². The summed E-state index contributed by atoms with van der Waals surface area (Å²) in [5, 5.41) is 0. The molecule has 3 rings (SSSR count). The molecule has 16 heavy (non-hydrogen) atoms. The number of allylic oxidation sites excluding steroid dienone is 2. The molecule has 0 atom stereocenters. The van der Waals surface area contributed by atoms with Crippen LogP contribution in [0.15, 0.2) is 30.3 Å². The van der Waals surface area contributed by atoms with Gasteiger partial charge in [-0.25, -0.2) is 0 Å². The minimum Gasteiger partial charge on any atom is -0.300 e. The Kier molecular flexibility index (Phi) is 2.39. The Balaban J connectivity index is 1.85. The van der Waals surface area contributed by atoms with Gasteiger partial charge in [0.1, 0.15) is 5.78 Å². The van der Waals surface area contributed by atoms with Crippen LogP contribution in [0.2, 0.25) is 0 Å². The maximum atomic E-state index is 11.2. The van der Waals surface area contributed by atoms with E-state index >= 15 is 0 Å². The maximum Gasteiger partial charge on any atom is 0.132 e. The molecule has 0 radical (unpaired) electrons. The monoisotopic (exact) mass is 212 g/mol. The molecule has 1 heteroatoms. The summed E-state index contributed by atoms with van der Waals surface area (Å²) < 4.78 is 0. The van der Waals surface area contributed by atoms with Crippen LogP contribution in [0.1, 0.15) is 36.8 Å². The summed E-state index contributed by atoms with van der Waals surface area (Å²) in [7, 11) is 0. The van der Waals surface area contributed by atoms with Gasteiger partial charge in [0.15, 0.2) is 0 Å². The first-order valence-electron chi connectivity index (χ1n) is 6.14. The Bertz CT molecular complexity index is 446. The van der Waals surface area contributed by atoms with E-state index in [-0.39, 0.29) is 0 Å². The summed E-state index contributed by atoms with van der Waals surface area (Å²) in [5.41, 5.74) is 4.39. The van der Waals surface area contributed by atoms with E-state index in [4.69, 9.17) is 0 Å². The van der Waals surface area contributed by atoms with Crippen LogP contribution in [0.4, 0.5) is 0 Å². The first-order valence-corrected chi connectivity index (χ1v) is 6.14. The lowest BCUT2D eigenvalue weighted by Gasteiger charge is -2.23. The van der Waals surface area contributed by atoms with Crippen molar-refractivity contribution in [3.05, 3.63) is 41.5 Å². The van der Waals surface area contributed by atoms with Crippen molar-refractivity contribution < 1.29 is 4.79 Å². The van der Waals surface area contributed by atoms with Crippen LogP contribution in [0, 0.1) is 5.92 Å². The zero-order valence-electron chi connectivity index (χ0n) is 9.41. The van der Waals surface area contributed by atoms with Crippen LogP contribution >= 0.6 is 0 Å². The zero-order valence-corrected chi connectivity index (χ0v) is 9.41. The minimum atomic E-state index is 0.447. The predicted molar refractivity (Wildman–Crippen MR) is 65.1 cm³/mol. The number of ketones is 1. The number of hydrogen-bond donors (Lipinski definition) is 0. The fourth-order valence-corrected chi connectivity index (χ4v) is 2.95.